The van der Waals surface area contributed by atoms with Crippen molar-refractivity contribution in [1.29, 1.82) is 0 Å². The van der Waals surface area contributed by atoms with Crippen LogP contribution in [0.3, 0.4) is 0 Å². The van der Waals surface area contributed by atoms with E-state index in [0.29, 0.717) is 22.3 Å². The second-order valence-corrected chi connectivity index (χ2v) is 6.52. The predicted molar refractivity (Wildman–Crippen MR) is 100 cm³/mol. The molecule has 25 heavy (non-hydrogen) atoms. The van der Waals surface area contributed by atoms with Gasteiger partial charge < -0.3 is 15.5 Å². The molecule has 2 rings (SSSR count). The van der Waals surface area contributed by atoms with E-state index in [9.17, 15) is 9.59 Å². The largest absolute Gasteiger partial charge is 0.347 e. The van der Waals surface area contributed by atoms with Crippen LogP contribution in [0.15, 0.2) is 48.5 Å². The normalized spacial score (nSPS) is 11.6. The molecule has 3 N–H and O–H groups in total. The summed E-state index contributed by atoms with van der Waals surface area (Å²) in [5.41, 5.74) is 1.41. The molecular formula is C18H20Cl2N3O2+. The number of anilines is 1. The molecule has 0 aliphatic heterocycles. The molecule has 0 radical (unpaired) electrons. The lowest BCUT2D eigenvalue weighted by molar-refractivity contribution is -0.862. The summed E-state index contributed by atoms with van der Waals surface area (Å²) in [6, 6.07) is 14.4. The number of carbonyl (C=O) groups is 2. The van der Waals surface area contributed by atoms with Crippen molar-refractivity contribution in [3.8, 4) is 0 Å². The molecule has 7 heteroatoms. The Kier molecular flexibility index (Phi) is 7.25. The Balaban J connectivity index is 1.76. The molecule has 1 unspecified atom stereocenters. The summed E-state index contributed by atoms with van der Waals surface area (Å²) in [5, 5.41) is 6.64. The van der Waals surface area contributed by atoms with Crippen molar-refractivity contribution in [2.24, 2.45) is 0 Å². The molecule has 5 nitrogen and oxygen atoms in total. The summed E-state index contributed by atoms with van der Waals surface area (Å²) < 4.78 is 0. The molecule has 1 atom stereocenters. The van der Waals surface area contributed by atoms with Crippen LogP contribution in [0, 0.1) is 0 Å². The fraction of sp³-hybridized carbons (Fsp3) is 0.222. The number of halogens is 2. The van der Waals surface area contributed by atoms with Crippen molar-refractivity contribution in [3.05, 3.63) is 64.1 Å². The molecule has 0 aromatic heterocycles. The third-order valence-electron chi connectivity index (χ3n) is 3.51. The highest BCUT2D eigenvalue weighted by Crippen LogP contribution is 2.19. The lowest BCUT2D eigenvalue weighted by atomic mass is 10.2. The SMILES string of the molecule is C[NH+](CC(=O)NCc1ccccc1Cl)CC(=O)Nc1ccccc1Cl. The molecule has 0 heterocycles. The van der Waals surface area contributed by atoms with Crippen LogP contribution in [0.4, 0.5) is 5.69 Å². The van der Waals surface area contributed by atoms with Gasteiger partial charge in [-0.2, -0.15) is 0 Å². The number of para-hydroxylation sites is 1. The average Bonchev–Trinajstić information content (AvgIpc) is 2.56. The lowest BCUT2D eigenvalue weighted by Crippen LogP contribution is -3.11. The van der Waals surface area contributed by atoms with Gasteiger partial charge in [-0.15, -0.1) is 0 Å². The van der Waals surface area contributed by atoms with Gasteiger partial charge in [-0.1, -0.05) is 53.5 Å². The molecule has 0 aliphatic rings. The van der Waals surface area contributed by atoms with Crippen LogP contribution >= 0.6 is 23.2 Å². The highest BCUT2D eigenvalue weighted by atomic mass is 35.5. The van der Waals surface area contributed by atoms with Crippen LogP contribution in [0.5, 0.6) is 0 Å². The number of rotatable bonds is 7. The van der Waals surface area contributed by atoms with Crippen LogP contribution in [-0.4, -0.2) is 32.0 Å². The van der Waals surface area contributed by atoms with E-state index in [2.05, 4.69) is 10.6 Å². The zero-order chi connectivity index (χ0) is 18.2. The van der Waals surface area contributed by atoms with Crippen molar-refractivity contribution >= 4 is 40.7 Å². The number of amides is 2. The molecule has 0 fully saturated rings. The van der Waals surface area contributed by atoms with Gasteiger partial charge in [0.1, 0.15) is 0 Å². The Hall–Kier alpha value is -2.08. The van der Waals surface area contributed by atoms with E-state index in [1.807, 2.05) is 18.2 Å². The van der Waals surface area contributed by atoms with Gasteiger partial charge in [-0.25, -0.2) is 0 Å². The summed E-state index contributed by atoms with van der Waals surface area (Å²) in [5.74, 6) is -0.354. The summed E-state index contributed by atoms with van der Waals surface area (Å²) in [6.45, 7) is 0.697. The first-order valence-corrected chi connectivity index (χ1v) is 8.57. The van der Waals surface area contributed by atoms with Gasteiger partial charge in [0.25, 0.3) is 11.8 Å². The van der Waals surface area contributed by atoms with Crippen molar-refractivity contribution in [2.75, 3.05) is 25.5 Å². The first kappa shape index (κ1) is 19.2. The molecule has 2 aromatic carbocycles. The maximum atomic E-state index is 12.0. The van der Waals surface area contributed by atoms with Crippen molar-refractivity contribution in [3.63, 3.8) is 0 Å². The van der Waals surface area contributed by atoms with Crippen LogP contribution in [0.1, 0.15) is 5.56 Å². The van der Waals surface area contributed by atoms with Crippen LogP contribution < -0.4 is 15.5 Å². The van der Waals surface area contributed by atoms with Crippen molar-refractivity contribution < 1.29 is 14.5 Å². The highest BCUT2D eigenvalue weighted by Gasteiger charge is 2.15. The summed E-state index contributed by atoms with van der Waals surface area (Å²) in [7, 11) is 1.78. The van der Waals surface area contributed by atoms with E-state index in [-0.39, 0.29) is 24.9 Å². The van der Waals surface area contributed by atoms with Gasteiger partial charge >= 0.3 is 0 Å². The topological polar surface area (TPSA) is 62.6 Å². The third kappa shape index (κ3) is 6.38. The second-order valence-electron chi connectivity index (χ2n) is 5.71. The minimum atomic E-state index is -0.204. The lowest BCUT2D eigenvalue weighted by Gasteiger charge is -2.14. The van der Waals surface area contributed by atoms with Gasteiger partial charge in [0.05, 0.1) is 17.8 Å². The van der Waals surface area contributed by atoms with Gasteiger partial charge in [-0.3, -0.25) is 9.59 Å². The van der Waals surface area contributed by atoms with E-state index in [0.717, 1.165) is 10.5 Å². The zero-order valence-electron chi connectivity index (χ0n) is 13.8. The third-order valence-corrected chi connectivity index (χ3v) is 4.20. The Labute approximate surface area is 156 Å². The second kappa shape index (κ2) is 9.42. The van der Waals surface area contributed by atoms with Crippen LogP contribution in [-0.2, 0) is 16.1 Å². The van der Waals surface area contributed by atoms with Crippen molar-refractivity contribution in [2.45, 2.75) is 6.54 Å². The maximum Gasteiger partial charge on any atom is 0.279 e. The van der Waals surface area contributed by atoms with Gasteiger partial charge in [0.15, 0.2) is 13.1 Å². The fourth-order valence-corrected chi connectivity index (χ4v) is 2.65. The molecule has 0 aliphatic carbocycles. The van der Waals surface area contributed by atoms with E-state index in [4.69, 9.17) is 23.2 Å². The monoisotopic (exact) mass is 380 g/mol. The summed E-state index contributed by atoms with van der Waals surface area (Å²) >= 11 is 12.1. The summed E-state index contributed by atoms with van der Waals surface area (Å²) in [6.07, 6.45) is 0. The van der Waals surface area contributed by atoms with E-state index in [1.165, 1.54) is 0 Å². The number of nitrogens with one attached hydrogen (secondary N) is 3. The standard InChI is InChI=1S/C18H19Cl2N3O2/c1-23(12-18(25)22-16-9-5-4-8-15(16)20)11-17(24)21-10-13-6-2-3-7-14(13)19/h2-9H,10-12H2,1H3,(H,21,24)(H,22,25)/p+1. The number of likely N-dealkylation sites (N-methyl/N-ethyl adjacent to an activating group) is 1. The summed E-state index contributed by atoms with van der Waals surface area (Å²) in [4.78, 5) is 24.8. The molecule has 0 bridgehead atoms. The predicted octanol–water partition coefficient (Wildman–Crippen LogP) is 1.76. The Morgan fingerprint density at radius 2 is 1.52 bits per heavy atom. The molecule has 0 saturated heterocycles. The van der Waals surface area contributed by atoms with Gasteiger partial charge in [-0.05, 0) is 23.8 Å². The Bertz CT molecular complexity index is 753. The van der Waals surface area contributed by atoms with Gasteiger partial charge in [0.2, 0.25) is 0 Å². The van der Waals surface area contributed by atoms with Crippen LogP contribution in [0.2, 0.25) is 10.0 Å². The van der Waals surface area contributed by atoms with E-state index >= 15 is 0 Å². The zero-order valence-corrected chi connectivity index (χ0v) is 15.3. The highest BCUT2D eigenvalue weighted by molar-refractivity contribution is 6.33. The molecule has 132 valence electrons. The quantitative estimate of drug-likeness (QED) is 0.685. The smallest absolute Gasteiger partial charge is 0.279 e. The first-order chi connectivity index (χ1) is 12.0. The van der Waals surface area contributed by atoms with E-state index < -0.39 is 0 Å². The van der Waals surface area contributed by atoms with Crippen LogP contribution in [0.25, 0.3) is 0 Å². The number of hydrogen-bond acceptors (Lipinski definition) is 2. The number of carbonyl (C=O) groups excluding carboxylic acids is 2. The first-order valence-electron chi connectivity index (χ1n) is 7.81. The minimum Gasteiger partial charge on any atom is -0.347 e. The molecule has 0 saturated carbocycles. The number of quaternary nitrogens is 1. The average molecular weight is 381 g/mol. The molecule has 2 amide bonds. The maximum absolute atomic E-state index is 12.0. The van der Waals surface area contributed by atoms with E-state index in [1.54, 1.807) is 37.4 Å². The number of benzene rings is 2. The Morgan fingerprint density at radius 3 is 2.20 bits per heavy atom. The minimum absolute atomic E-state index is 0.150. The fourth-order valence-electron chi connectivity index (χ4n) is 2.27. The number of hydrogen-bond donors (Lipinski definition) is 3. The molecule has 2 aromatic rings. The van der Waals surface area contributed by atoms with Crippen molar-refractivity contribution in [1.82, 2.24) is 5.32 Å². The Morgan fingerprint density at radius 1 is 0.920 bits per heavy atom. The molecule has 0 spiro atoms. The molecular weight excluding hydrogens is 361 g/mol. The van der Waals surface area contributed by atoms with Gasteiger partial charge in [0, 0.05) is 11.6 Å².